The number of amides is 1. The number of H-pyrrole nitrogens is 1. The van der Waals surface area contributed by atoms with E-state index in [-0.39, 0.29) is 18.0 Å². The van der Waals surface area contributed by atoms with E-state index in [4.69, 9.17) is 0 Å². The summed E-state index contributed by atoms with van der Waals surface area (Å²) in [6.07, 6.45) is 3.80. The van der Waals surface area contributed by atoms with Gasteiger partial charge < -0.3 is 15.2 Å². The fourth-order valence-electron chi connectivity index (χ4n) is 3.71. The number of rotatable bonds is 6. The van der Waals surface area contributed by atoms with Gasteiger partial charge in [0.25, 0.3) is 0 Å². The van der Waals surface area contributed by atoms with Crippen LogP contribution in [0.3, 0.4) is 0 Å². The minimum absolute atomic E-state index is 0.0952. The number of hydrogen-bond acceptors (Lipinski definition) is 3. The standard InChI is InChI=1S/C20H30N4O/c1-13(2)10-17-15-6-5-7-16-19(15)14(12-22-16)11-18(23-17)20(25)21-8-9-24(3)4/h5-7,12-13,17-18,22-23H,8-11H2,1-4H3,(H,21,25). The van der Waals surface area contributed by atoms with E-state index >= 15 is 0 Å². The van der Waals surface area contributed by atoms with Crippen LogP contribution in [0.1, 0.15) is 37.4 Å². The molecule has 3 N–H and O–H groups in total. The number of nitrogens with one attached hydrogen (secondary N) is 3. The molecule has 2 heterocycles. The summed E-state index contributed by atoms with van der Waals surface area (Å²) in [7, 11) is 4.03. The van der Waals surface area contributed by atoms with Crippen LogP contribution in [0, 0.1) is 5.92 Å². The van der Waals surface area contributed by atoms with Gasteiger partial charge in [0.1, 0.15) is 0 Å². The highest BCUT2D eigenvalue weighted by molar-refractivity contribution is 5.90. The van der Waals surface area contributed by atoms with Crippen molar-refractivity contribution in [1.82, 2.24) is 20.5 Å². The van der Waals surface area contributed by atoms with E-state index in [2.05, 4.69) is 58.8 Å². The Hall–Kier alpha value is -1.85. The Morgan fingerprint density at radius 3 is 2.88 bits per heavy atom. The van der Waals surface area contributed by atoms with Gasteiger partial charge in [-0.2, -0.15) is 0 Å². The van der Waals surface area contributed by atoms with E-state index in [9.17, 15) is 4.79 Å². The van der Waals surface area contributed by atoms with Crippen LogP contribution in [0.5, 0.6) is 0 Å². The van der Waals surface area contributed by atoms with Crippen LogP contribution in [0.2, 0.25) is 0 Å². The molecular formula is C20H30N4O. The van der Waals surface area contributed by atoms with E-state index in [1.54, 1.807) is 0 Å². The van der Waals surface area contributed by atoms with Crippen LogP contribution in [0.4, 0.5) is 0 Å². The lowest BCUT2D eigenvalue weighted by atomic mass is 9.94. The SMILES string of the molecule is CC(C)CC1NC(C(=O)NCCN(C)C)Cc2c[nH]c3cccc1c23. The summed E-state index contributed by atoms with van der Waals surface area (Å²) in [5.74, 6) is 0.656. The number of carbonyl (C=O) groups is 1. The van der Waals surface area contributed by atoms with Crippen LogP contribution in [0.25, 0.3) is 10.9 Å². The topological polar surface area (TPSA) is 60.2 Å². The summed E-state index contributed by atoms with van der Waals surface area (Å²) in [5.41, 5.74) is 3.71. The third kappa shape index (κ3) is 4.05. The Labute approximate surface area is 150 Å². The van der Waals surface area contributed by atoms with Crippen LogP contribution >= 0.6 is 0 Å². The lowest BCUT2D eigenvalue weighted by molar-refractivity contribution is -0.123. The van der Waals surface area contributed by atoms with Gasteiger partial charge in [-0.25, -0.2) is 0 Å². The van der Waals surface area contributed by atoms with Gasteiger partial charge in [0.2, 0.25) is 5.91 Å². The molecule has 0 saturated carbocycles. The predicted molar refractivity (Wildman–Crippen MR) is 103 cm³/mol. The zero-order valence-corrected chi connectivity index (χ0v) is 15.7. The average molecular weight is 342 g/mol. The second kappa shape index (κ2) is 7.58. The fourth-order valence-corrected chi connectivity index (χ4v) is 3.71. The molecule has 2 unspecified atom stereocenters. The average Bonchev–Trinajstić information content (AvgIpc) is 2.88. The van der Waals surface area contributed by atoms with E-state index in [0.29, 0.717) is 12.5 Å². The molecule has 1 aliphatic rings. The molecular weight excluding hydrogens is 312 g/mol. The molecule has 0 aliphatic carbocycles. The van der Waals surface area contributed by atoms with Gasteiger partial charge in [0.15, 0.2) is 0 Å². The molecule has 136 valence electrons. The molecule has 0 fully saturated rings. The summed E-state index contributed by atoms with van der Waals surface area (Å²) in [6.45, 7) is 5.99. The summed E-state index contributed by atoms with van der Waals surface area (Å²) < 4.78 is 0. The zero-order valence-electron chi connectivity index (χ0n) is 15.7. The van der Waals surface area contributed by atoms with Gasteiger partial charge in [-0.1, -0.05) is 26.0 Å². The molecule has 0 bridgehead atoms. The molecule has 2 aromatic rings. The first-order chi connectivity index (χ1) is 12.0. The number of benzene rings is 1. The van der Waals surface area contributed by atoms with E-state index in [1.165, 1.54) is 16.5 Å². The molecule has 1 aromatic carbocycles. The first-order valence-corrected chi connectivity index (χ1v) is 9.23. The number of aromatic nitrogens is 1. The molecule has 1 aliphatic heterocycles. The zero-order chi connectivity index (χ0) is 18.0. The minimum atomic E-state index is -0.197. The monoisotopic (exact) mass is 342 g/mol. The normalized spacial score (nSPS) is 20.2. The van der Waals surface area contributed by atoms with Gasteiger partial charge >= 0.3 is 0 Å². The lowest BCUT2D eigenvalue weighted by Gasteiger charge is -2.25. The van der Waals surface area contributed by atoms with Gasteiger partial charge in [-0.3, -0.25) is 10.1 Å². The van der Waals surface area contributed by atoms with Crippen LogP contribution in [-0.2, 0) is 11.2 Å². The Balaban J connectivity index is 1.85. The molecule has 0 spiro atoms. The Morgan fingerprint density at radius 2 is 2.16 bits per heavy atom. The van der Waals surface area contributed by atoms with Gasteiger partial charge in [0, 0.05) is 36.2 Å². The molecule has 0 radical (unpaired) electrons. The molecule has 0 saturated heterocycles. The highest BCUT2D eigenvalue weighted by Crippen LogP contribution is 2.34. The third-order valence-electron chi connectivity index (χ3n) is 4.90. The summed E-state index contributed by atoms with van der Waals surface area (Å²) >= 11 is 0. The summed E-state index contributed by atoms with van der Waals surface area (Å²) in [6, 6.07) is 6.42. The molecule has 3 rings (SSSR count). The highest BCUT2D eigenvalue weighted by atomic mass is 16.2. The number of hydrogen-bond donors (Lipinski definition) is 3. The van der Waals surface area contributed by atoms with E-state index in [0.717, 1.165) is 24.9 Å². The second-order valence-corrected chi connectivity index (χ2v) is 7.78. The first kappa shape index (κ1) is 18.0. The van der Waals surface area contributed by atoms with Crippen molar-refractivity contribution >= 4 is 16.8 Å². The molecule has 2 atom stereocenters. The van der Waals surface area contributed by atoms with Crippen LogP contribution < -0.4 is 10.6 Å². The van der Waals surface area contributed by atoms with Crippen molar-refractivity contribution in [1.29, 1.82) is 0 Å². The number of likely N-dealkylation sites (N-methyl/N-ethyl adjacent to an activating group) is 1. The van der Waals surface area contributed by atoms with Crippen molar-refractivity contribution in [2.75, 3.05) is 27.2 Å². The number of carbonyl (C=O) groups excluding carboxylic acids is 1. The summed E-state index contributed by atoms with van der Waals surface area (Å²) in [5, 5.41) is 8.02. The van der Waals surface area contributed by atoms with E-state index in [1.807, 2.05) is 14.1 Å². The quantitative estimate of drug-likeness (QED) is 0.756. The van der Waals surface area contributed by atoms with Crippen molar-refractivity contribution in [3.05, 3.63) is 35.5 Å². The van der Waals surface area contributed by atoms with Crippen molar-refractivity contribution in [2.45, 2.75) is 38.8 Å². The summed E-state index contributed by atoms with van der Waals surface area (Å²) in [4.78, 5) is 18.2. The number of aromatic amines is 1. The first-order valence-electron chi connectivity index (χ1n) is 9.23. The third-order valence-corrected chi connectivity index (χ3v) is 4.90. The lowest BCUT2D eigenvalue weighted by Crippen LogP contribution is -2.47. The predicted octanol–water partition coefficient (Wildman–Crippen LogP) is 2.45. The second-order valence-electron chi connectivity index (χ2n) is 7.78. The van der Waals surface area contributed by atoms with Crippen molar-refractivity contribution < 1.29 is 4.79 Å². The van der Waals surface area contributed by atoms with Crippen LogP contribution in [0.15, 0.2) is 24.4 Å². The van der Waals surface area contributed by atoms with Crippen molar-refractivity contribution in [3.63, 3.8) is 0 Å². The van der Waals surface area contributed by atoms with Gasteiger partial charge in [-0.15, -0.1) is 0 Å². The van der Waals surface area contributed by atoms with Gasteiger partial charge in [-0.05, 0) is 50.0 Å². The minimum Gasteiger partial charge on any atom is -0.361 e. The maximum absolute atomic E-state index is 12.8. The fraction of sp³-hybridized carbons (Fsp3) is 0.550. The highest BCUT2D eigenvalue weighted by Gasteiger charge is 2.29. The largest absolute Gasteiger partial charge is 0.361 e. The van der Waals surface area contributed by atoms with Crippen LogP contribution in [-0.4, -0.2) is 49.0 Å². The van der Waals surface area contributed by atoms with Crippen molar-refractivity contribution in [2.24, 2.45) is 5.92 Å². The molecule has 1 aromatic heterocycles. The maximum Gasteiger partial charge on any atom is 0.237 e. The molecule has 1 amide bonds. The Morgan fingerprint density at radius 1 is 1.36 bits per heavy atom. The smallest absolute Gasteiger partial charge is 0.237 e. The molecule has 5 nitrogen and oxygen atoms in total. The van der Waals surface area contributed by atoms with E-state index < -0.39 is 0 Å². The van der Waals surface area contributed by atoms with Crippen molar-refractivity contribution in [3.8, 4) is 0 Å². The molecule has 5 heteroatoms. The van der Waals surface area contributed by atoms with Gasteiger partial charge in [0.05, 0.1) is 6.04 Å². The number of nitrogens with zero attached hydrogens (tertiary/aromatic N) is 1. The molecule has 25 heavy (non-hydrogen) atoms. The Bertz CT molecular complexity index is 734. The maximum atomic E-state index is 12.8. The Kier molecular flexibility index (Phi) is 5.45.